The number of hydrogen-bond acceptors (Lipinski definition) is 3. The first-order chi connectivity index (χ1) is 8.20. The Morgan fingerprint density at radius 2 is 2.29 bits per heavy atom. The molecule has 0 radical (unpaired) electrons. The van der Waals surface area contributed by atoms with E-state index in [-0.39, 0.29) is 0 Å². The zero-order valence-electron chi connectivity index (χ0n) is 10.5. The topological polar surface area (TPSA) is 47.3 Å². The smallest absolute Gasteiger partial charge is 0.0972 e. The highest BCUT2D eigenvalue weighted by atomic mass is 35.5. The van der Waals surface area contributed by atoms with E-state index in [4.69, 9.17) is 16.3 Å². The summed E-state index contributed by atoms with van der Waals surface area (Å²) < 4.78 is 7.03. The summed E-state index contributed by atoms with van der Waals surface area (Å²) in [5, 5.41) is 14.8. The van der Waals surface area contributed by atoms with Crippen molar-refractivity contribution >= 4 is 11.6 Å². The molecule has 1 heterocycles. The van der Waals surface area contributed by atoms with Crippen LogP contribution in [0.3, 0.4) is 0 Å². The second-order valence-corrected chi connectivity index (χ2v) is 4.36. The molecule has 5 heteroatoms. The van der Waals surface area contributed by atoms with Gasteiger partial charge in [-0.25, -0.2) is 0 Å². The Morgan fingerprint density at radius 3 is 2.94 bits per heavy atom. The number of hydrogen-bond donors (Lipinski definition) is 1. The fourth-order valence-corrected chi connectivity index (χ4v) is 2.02. The molecule has 0 amide bonds. The lowest BCUT2D eigenvalue weighted by molar-refractivity contribution is 0.110. The third-order valence-electron chi connectivity index (χ3n) is 2.55. The molecule has 4 nitrogen and oxygen atoms in total. The summed E-state index contributed by atoms with van der Waals surface area (Å²) >= 11 is 6.04. The molecule has 0 aromatic carbocycles. The first kappa shape index (κ1) is 14.5. The third-order valence-corrected chi connectivity index (χ3v) is 2.85. The molecule has 0 aliphatic carbocycles. The van der Waals surface area contributed by atoms with Crippen molar-refractivity contribution < 1.29 is 9.84 Å². The average molecular weight is 261 g/mol. The molecule has 1 aromatic rings. The minimum Gasteiger partial charge on any atom is -0.387 e. The van der Waals surface area contributed by atoms with Crippen molar-refractivity contribution in [1.82, 2.24) is 9.78 Å². The van der Waals surface area contributed by atoms with Crippen molar-refractivity contribution in [3.63, 3.8) is 0 Å². The van der Waals surface area contributed by atoms with Crippen LogP contribution in [0, 0.1) is 0 Å². The van der Waals surface area contributed by atoms with Crippen molar-refractivity contribution in [2.24, 2.45) is 0 Å². The molecule has 1 aromatic heterocycles. The van der Waals surface area contributed by atoms with Crippen molar-refractivity contribution in [2.45, 2.75) is 45.8 Å². The van der Waals surface area contributed by atoms with Crippen molar-refractivity contribution in [1.29, 1.82) is 0 Å². The summed E-state index contributed by atoms with van der Waals surface area (Å²) in [4.78, 5) is 0. The van der Waals surface area contributed by atoms with E-state index in [9.17, 15) is 5.11 Å². The summed E-state index contributed by atoms with van der Waals surface area (Å²) in [7, 11) is 0. The number of aliphatic hydroxyl groups excluding tert-OH is 1. The summed E-state index contributed by atoms with van der Waals surface area (Å²) in [6.45, 7) is 6.20. The molecule has 1 unspecified atom stereocenters. The average Bonchev–Trinajstić information content (AvgIpc) is 2.66. The van der Waals surface area contributed by atoms with Gasteiger partial charge in [0.1, 0.15) is 0 Å². The second kappa shape index (κ2) is 7.69. The number of aromatic nitrogens is 2. The number of rotatable bonds is 8. The van der Waals surface area contributed by atoms with Gasteiger partial charge in [-0.15, -0.1) is 0 Å². The maximum absolute atomic E-state index is 10.1. The lowest BCUT2D eigenvalue weighted by Gasteiger charge is -2.13. The molecule has 0 saturated carbocycles. The zero-order chi connectivity index (χ0) is 12.7. The van der Waals surface area contributed by atoms with E-state index in [2.05, 4.69) is 12.0 Å². The van der Waals surface area contributed by atoms with Gasteiger partial charge in [0.15, 0.2) is 0 Å². The number of aryl methyl sites for hydroxylation is 1. The van der Waals surface area contributed by atoms with Gasteiger partial charge in [-0.05, 0) is 26.2 Å². The molecule has 1 N–H and O–H groups in total. The van der Waals surface area contributed by atoms with Crippen molar-refractivity contribution in [3.05, 3.63) is 16.9 Å². The standard InChI is InChI=1S/C12H21ClN2O2/c1-3-7-15-12(10(13)9-14-15)11(16)6-5-8-17-4-2/h9,11,16H,3-8H2,1-2H3. The van der Waals surface area contributed by atoms with Gasteiger partial charge in [0.05, 0.1) is 23.0 Å². The van der Waals surface area contributed by atoms with Crippen LogP contribution < -0.4 is 0 Å². The SMILES string of the molecule is CCCn1ncc(Cl)c1C(O)CCCOCC. The van der Waals surface area contributed by atoms with Gasteiger partial charge < -0.3 is 9.84 Å². The molecule has 0 bridgehead atoms. The highest BCUT2D eigenvalue weighted by Gasteiger charge is 2.17. The van der Waals surface area contributed by atoms with Crippen molar-refractivity contribution in [2.75, 3.05) is 13.2 Å². The van der Waals surface area contributed by atoms with Crippen LogP contribution in [0.15, 0.2) is 6.20 Å². The molecule has 0 saturated heterocycles. The molecule has 1 atom stereocenters. The van der Waals surface area contributed by atoms with E-state index < -0.39 is 6.10 Å². The quantitative estimate of drug-likeness (QED) is 0.731. The van der Waals surface area contributed by atoms with Crippen LogP contribution in [0.4, 0.5) is 0 Å². The minimum atomic E-state index is -0.558. The van der Waals surface area contributed by atoms with Crippen LogP contribution in [0.1, 0.15) is 44.9 Å². The van der Waals surface area contributed by atoms with Crippen LogP contribution in [0.25, 0.3) is 0 Å². The minimum absolute atomic E-state index is 0.544. The fourth-order valence-electron chi connectivity index (χ4n) is 1.75. The Kier molecular flexibility index (Phi) is 6.55. The maximum Gasteiger partial charge on any atom is 0.0972 e. The Bertz CT molecular complexity index is 328. The highest BCUT2D eigenvalue weighted by Crippen LogP contribution is 2.26. The number of halogens is 1. The molecule has 0 spiro atoms. The normalized spacial score (nSPS) is 12.9. The van der Waals surface area contributed by atoms with Crippen LogP contribution in [-0.2, 0) is 11.3 Å². The van der Waals surface area contributed by atoms with Crippen LogP contribution in [0.5, 0.6) is 0 Å². The molecular formula is C12H21ClN2O2. The Hall–Kier alpha value is -0.580. The van der Waals surface area contributed by atoms with Gasteiger partial charge in [-0.1, -0.05) is 18.5 Å². The number of nitrogens with zero attached hydrogens (tertiary/aromatic N) is 2. The monoisotopic (exact) mass is 260 g/mol. The summed E-state index contributed by atoms with van der Waals surface area (Å²) in [6, 6.07) is 0. The Labute approximate surface area is 108 Å². The molecule has 98 valence electrons. The van der Waals surface area contributed by atoms with E-state index in [1.54, 1.807) is 10.9 Å². The van der Waals surface area contributed by atoms with E-state index in [0.717, 1.165) is 25.1 Å². The largest absolute Gasteiger partial charge is 0.387 e. The molecular weight excluding hydrogens is 240 g/mol. The molecule has 0 aliphatic heterocycles. The van der Waals surface area contributed by atoms with E-state index in [0.29, 0.717) is 24.7 Å². The maximum atomic E-state index is 10.1. The lowest BCUT2D eigenvalue weighted by Crippen LogP contribution is -2.10. The van der Waals surface area contributed by atoms with Gasteiger partial charge in [0.25, 0.3) is 0 Å². The molecule has 1 rings (SSSR count). The highest BCUT2D eigenvalue weighted by molar-refractivity contribution is 6.31. The van der Waals surface area contributed by atoms with Gasteiger partial charge in [-0.2, -0.15) is 5.10 Å². The predicted molar refractivity (Wildman–Crippen MR) is 68.2 cm³/mol. The van der Waals surface area contributed by atoms with Crippen LogP contribution in [-0.4, -0.2) is 28.1 Å². The second-order valence-electron chi connectivity index (χ2n) is 3.96. The fraction of sp³-hybridized carbons (Fsp3) is 0.750. The zero-order valence-corrected chi connectivity index (χ0v) is 11.3. The van der Waals surface area contributed by atoms with E-state index in [1.165, 1.54) is 0 Å². The van der Waals surface area contributed by atoms with Gasteiger partial charge in [0.2, 0.25) is 0 Å². The lowest BCUT2D eigenvalue weighted by atomic mass is 10.1. The van der Waals surface area contributed by atoms with Gasteiger partial charge >= 0.3 is 0 Å². The molecule has 0 aliphatic rings. The predicted octanol–water partition coefficient (Wildman–Crippen LogP) is 2.80. The van der Waals surface area contributed by atoms with E-state index >= 15 is 0 Å². The first-order valence-corrected chi connectivity index (χ1v) is 6.55. The van der Waals surface area contributed by atoms with Crippen molar-refractivity contribution in [3.8, 4) is 0 Å². The van der Waals surface area contributed by atoms with Crippen LogP contribution >= 0.6 is 11.6 Å². The summed E-state index contributed by atoms with van der Waals surface area (Å²) in [5.74, 6) is 0. The molecule has 0 fully saturated rings. The molecule has 17 heavy (non-hydrogen) atoms. The van der Waals surface area contributed by atoms with E-state index in [1.807, 2.05) is 6.92 Å². The van der Waals surface area contributed by atoms with Crippen LogP contribution in [0.2, 0.25) is 5.02 Å². The third kappa shape index (κ3) is 4.30. The van der Waals surface area contributed by atoms with Gasteiger partial charge in [0, 0.05) is 19.8 Å². The Morgan fingerprint density at radius 1 is 1.53 bits per heavy atom. The first-order valence-electron chi connectivity index (χ1n) is 6.17. The number of ether oxygens (including phenoxy) is 1. The van der Waals surface area contributed by atoms with Gasteiger partial charge in [-0.3, -0.25) is 4.68 Å². The Balaban J connectivity index is 2.54. The summed E-state index contributed by atoms with van der Waals surface area (Å²) in [6.07, 6.45) is 3.48. The summed E-state index contributed by atoms with van der Waals surface area (Å²) in [5.41, 5.74) is 0.727. The number of aliphatic hydroxyl groups is 1.